The normalized spacial score (nSPS) is 11.5. The van der Waals surface area contributed by atoms with Crippen LogP contribution in [-0.2, 0) is 4.74 Å². The number of nitrogens with zero attached hydrogens (tertiary/aromatic N) is 1. The summed E-state index contributed by atoms with van der Waals surface area (Å²) in [6.07, 6.45) is -0.00307. The Balaban J connectivity index is 1.29. The van der Waals surface area contributed by atoms with E-state index in [1.807, 2.05) is 30.3 Å². The number of carbonyl (C=O) groups is 1. The number of halogens is 1. The van der Waals surface area contributed by atoms with Crippen LogP contribution >= 0.6 is 11.6 Å². The number of alkyl carbamates (subject to hydrolysis) is 1. The van der Waals surface area contributed by atoms with Crippen LogP contribution in [0.1, 0.15) is 34.6 Å². The van der Waals surface area contributed by atoms with Crippen LogP contribution in [-0.4, -0.2) is 19.2 Å². The van der Waals surface area contributed by atoms with Crippen molar-refractivity contribution in [2.45, 2.75) is 12.3 Å². The van der Waals surface area contributed by atoms with E-state index in [9.17, 15) is 4.79 Å². The van der Waals surface area contributed by atoms with Gasteiger partial charge in [-0.2, -0.15) is 5.26 Å². The summed E-state index contributed by atoms with van der Waals surface area (Å²) in [5, 5.41) is 12.2. The topological polar surface area (TPSA) is 62.1 Å². The van der Waals surface area contributed by atoms with Crippen molar-refractivity contribution in [3.05, 3.63) is 94.0 Å². The molecule has 4 rings (SSSR count). The standard InChI is InChI=1S/C26H19ClN2O2/c27-20-14-18(13-19(15-20)16-28)7-5-6-12-29-26(30)31-17-25-23-10-3-1-8-21(23)22-9-2-4-11-24(22)25/h1-4,8-11,13-15,25H,6,12,17H2,(H,29,30). The molecular weight excluding hydrogens is 408 g/mol. The number of ether oxygens (including phenoxy) is 1. The Kier molecular flexibility index (Phi) is 6.22. The van der Waals surface area contributed by atoms with Crippen molar-refractivity contribution in [2.75, 3.05) is 13.2 Å². The van der Waals surface area contributed by atoms with Crippen LogP contribution in [0.25, 0.3) is 11.1 Å². The molecule has 152 valence electrons. The van der Waals surface area contributed by atoms with E-state index in [-0.39, 0.29) is 12.5 Å². The Labute approximate surface area is 186 Å². The Bertz CT molecular complexity index is 1190. The quantitative estimate of drug-likeness (QED) is 0.443. The number of benzene rings is 3. The lowest BCUT2D eigenvalue weighted by Gasteiger charge is -2.14. The molecule has 31 heavy (non-hydrogen) atoms. The predicted octanol–water partition coefficient (Wildman–Crippen LogP) is 5.49. The molecule has 0 heterocycles. The molecule has 1 amide bonds. The molecule has 0 radical (unpaired) electrons. The number of rotatable bonds is 4. The molecule has 0 saturated heterocycles. The van der Waals surface area contributed by atoms with Gasteiger partial charge in [0.1, 0.15) is 6.61 Å². The zero-order valence-electron chi connectivity index (χ0n) is 16.7. The molecule has 4 nitrogen and oxygen atoms in total. The maximum atomic E-state index is 12.2. The highest BCUT2D eigenvalue weighted by atomic mass is 35.5. The molecule has 1 aliphatic rings. The molecule has 0 atom stereocenters. The summed E-state index contributed by atoms with van der Waals surface area (Å²) >= 11 is 5.97. The van der Waals surface area contributed by atoms with E-state index in [1.54, 1.807) is 18.2 Å². The molecule has 3 aromatic rings. The minimum Gasteiger partial charge on any atom is -0.449 e. The van der Waals surface area contributed by atoms with E-state index in [1.165, 1.54) is 22.3 Å². The molecule has 0 fully saturated rings. The largest absolute Gasteiger partial charge is 0.449 e. The molecule has 0 unspecified atom stereocenters. The fraction of sp³-hybridized carbons (Fsp3) is 0.154. The van der Waals surface area contributed by atoms with Crippen molar-refractivity contribution in [1.82, 2.24) is 5.32 Å². The number of nitriles is 1. The smallest absolute Gasteiger partial charge is 0.407 e. The monoisotopic (exact) mass is 426 g/mol. The van der Waals surface area contributed by atoms with Crippen molar-refractivity contribution in [2.24, 2.45) is 0 Å². The molecule has 5 heteroatoms. The summed E-state index contributed by atoms with van der Waals surface area (Å²) in [6.45, 7) is 0.653. The first-order valence-electron chi connectivity index (χ1n) is 9.94. The minimum absolute atomic E-state index is 0.0371. The van der Waals surface area contributed by atoms with Crippen molar-refractivity contribution < 1.29 is 9.53 Å². The third-order valence-corrected chi connectivity index (χ3v) is 5.34. The number of nitrogens with one attached hydrogen (secondary N) is 1. The number of amides is 1. The Morgan fingerprint density at radius 2 is 1.65 bits per heavy atom. The second-order valence-corrected chi connectivity index (χ2v) is 7.58. The van der Waals surface area contributed by atoms with Crippen LogP contribution in [0.15, 0.2) is 66.7 Å². The van der Waals surface area contributed by atoms with Gasteiger partial charge in [0.15, 0.2) is 0 Å². The van der Waals surface area contributed by atoms with Crippen LogP contribution in [0.2, 0.25) is 5.02 Å². The first kappa shape index (κ1) is 20.5. The Morgan fingerprint density at radius 1 is 1.00 bits per heavy atom. The first-order valence-corrected chi connectivity index (χ1v) is 10.3. The SMILES string of the molecule is N#Cc1cc(Cl)cc(C#CCCNC(=O)OCC2c3ccccc3-c3ccccc32)c1. The molecule has 0 bridgehead atoms. The van der Waals surface area contributed by atoms with Gasteiger partial charge < -0.3 is 10.1 Å². The average Bonchev–Trinajstić information content (AvgIpc) is 3.11. The molecular formula is C26H19ClN2O2. The number of fused-ring (bicyclic) bond motifs is 3. The fourth-order valence-corrected chi connectivity index (χ4v) is 4.00. The van der Waals surface area contributed by atoms with Crippen molar-refractivity contribution in [3.63, 3.8) is 0 Å². The Morgan fingerprint density at radius 3 is 2.32 bits per heavy atom. The maximum absolute atomic E-state index is 12.2. The van der Waals surface area contributed by atoms with Crippen LogP contribution in [0.3, 0.4) is 0 Å². The lowest BCUT2D eigenvalue weighted by molar-refractivity contribution is 0.143. The van der Waals surface area contributed by atoms with Crippen molar-refractivity contribution in [3.8, 4) is 29.0 Å². The van der Waals surface area contributed by atoms with Gasteiger partial charge in [0.2, 0.25) is 0 Å². The predicted molar refractivity (Wildman–Crippen MR) is 121 cm³/mol. The number of carbonyl (C=O) groups excluding carboxylic acids is 1. The lowest BCUT2D eigenvalue weighted by atomic mass is 9.98. The zero-order valence-corrected chi connectivity index (χ0v) is 17.4. The highest BCUT2D eigenvalue weighted by molar-refractivity contribution is 6.30. The summed E-state index contributed by atoms with van der Waals surface area (Å²) < 4.78 is 5.50. The van der Waals surface area contributed by atoms with E-state index in [2.05, 4.69) is 41.4 Å². The van der Waals surface area contributed by atoms with Gasteiger partial charge in [-0.25, -0.2) is 4.79 Å². The third-order valence-electron chi connectivity index (χ3n) is 5.12. The van der Waals surface area contributed by atoms with Gasteiger partial charge in [-0.1, -0.05) is 72.0 Å². The molecule has 0 aliphatic heterocycles. The minimum atomic E-state index is -0.460. The highest BCUT2D eigenvalue weighted by Crippen LogP contribution is 2.44. The van der Waals surface area contributed by atoms with E-state index < -0.39 is 6.09 Å². The zero-order chi connectivity index (χ0) is 21.6. The summed E-state index contributed by atoms with van der Waals surface area (Å²) in [5.41, 5.74) is 5.89. The first-order chi connectivity index (χ1) is 15.2. The van der Waals surface area contributed by atoms with Crippen LogP contribution < -0.4 is 5.32 Å². The third kappa shape index (κ3) is 4.72. The van der Waals surface area contributed by atoms with Gasteiger partial charge in [-0.05, 0) is 40.5 Å². The van der Waals surface area contributed by atoms with E-state index in [4.69, 9.17) is 21.6 Å². The van der Waals surface area contributed by atoms with Gasteiger partial charge in [0.05, 0.1) is 11.6 Å². The Hall–Kier alpha value is -3.73. The van der Waals surface area contributed by atoms with E-state index in [0.29, 0.717) is 29.1 Å². The summed E-state index contributed by atoms with van der Waals surface area (Å²) in [6, 6.07) is 23.5. The van der Waals surface area contributed by atoms with E-state index >= 15 is 0 Å². The highest BCUT2D eigenvalue weighted by Gasteiger charge is 2.28. The lowest BCUT2D eigenvalue weighted by Crippen LogP contribution is -2.26. The number of hydrogen-bond acceptors (Lipinski definition) is 3. The van der Waals surface area contributed by atoms with Crippen LogP contribution in [0.4, 0.5) is 4.79 Å². The maximum Gasteiger partial charge on any atom is 0.407 e. The summed E-state index contributed by atoms with van der Waals surface area (Å²) in [4.78, 5) is 12.2. The average molecular weight is 427 g/mol. The molecule has 1 aliphatic carbocycles. The molecule has 0 saturated carbocycles. The van der Waals surface area contributed by atoms with Gasteiger partial charge in [0.25, 0.3) is 0 Å². The molecule has 0 aromatic heterocycles. The van der Waals surface area contributed by atoms with Crippen LogP contribution in [0.5, 0.6) is 0 Å². The molecule has 0 spiro atoms. The fourth-order valence-electron chi connectivity index (χ4n) is 3.77. The van der Waals surface area contributed by atoms with Crippen molar-refractivity contribution >= 4 is 17.7 Å². The van der Waals surface area contributed by atoms with E-state index in [0.717, 1.165) is 0 Å². The van der Waals surface area contributed by atoms with Gasteiger partial charge in [0, 0.05) is 29.5 Å². The van der Waals surface area contributed by atoms with Gasteiger partial charge in [-0.15, -0.1) is 0 Å². The summed E-state index contributed by atoms with van der Waals surface area (Å²) in [7, 11) is 0. The molecule has 1 N–H and O–H groups in total. The second kappa shape index (κ2) is 9.39. The van der Waals surface area contributed by atoms with Crippen LogP contribution in [0, 0.1) is 23.2 Å². The summed E-state index contributed by atoms with van der Waals surface area (Å²) in [5.74, 6) is 5.96. The van der Waals surface area contributed by atoms with Gasteiger partial charge in [-0.3, -0.25) is 0 Å². The second-order valence-electron chi connectivity index (χ2n) is 7.14. The number of hydrogen-bond donors (Lipinski definition) is 1. The van der Waals surface area contributed by atoms with Crippen molar-refractivity contribution in [1.29, 1.82) is 5.26 Å². The molecule has 3 aromatic carbocycles. The van der Waals surface area contributed by atoms with Gasteiger partial charge >= 0.3 is 6.09 Å².